The molecule has 3 aromatic heterocycles. The van der Waals surface area contributed by atoms with Crippen molar-refractivity contribution in [3.8, 4) is 11.1 Å². The zero-order chi connectivity index (χ0) is 24.2. The number of rotatable bonds is 6. The van der Waals surface area contributed by atoms with Crippen LogP contribution in [-0.4, -0.2) is 32.6 Å². The number of nitrogens with zero attached hydrogens (tertiary/aromatic N) is 2. The molecule has 6 rings (SSSR count). The first kappa shape index (κ1) is 22.0. The monoisotopic (exact) mass is 489 g/mol. The molecule has 1 aromatic carbocycles. The van der Waals surface area contributed by atoms with Gasteiger partial charge in [-0.3, -0.25) is 14.6 Å². The third-order valence-electron chi connectivity index (χ3n) is 7.48. The molecule has 0 bridgehead atoms. The van der Waals surface area contributed by atoms with Crippen LogP contribution in [0.2, 0.25) is 0 Å². The summed E-state index contributed by atoms with van der Waals surface area (Å²) in [5, 5.41) is 14.2. The normalized spacial score (nSPS) is 23.1. The number of carbonyl (C=O) groups excluding carboxylic acids is 1. The van der Waals surface area contributed by atoms with E-state index in [0.29, 0.717) is 12.1 Å². The number of carbonyl (C=O) groups is 2. The summed E-state index contributed by atoms with van der Waals surface area (Å²) in [6.07, 6.45) is 8.02. The van der Waals surface area contributed by atoms with Crippen molar-refractivity contribution in [2.24, 2.45) is 11.3 Å². The highest BCUT2D eigenvalue weighted by molar-refractivity contribution is 7.17. The maximum absolute atomic E-state index is 13.5. The average Bonchev–Trinajstić information content (AvgIpc) is 3.38. The predicted molar refractivity (Wildman–Crippen MR) is 132 cm³/mol. The minimum absolute atomic E-state index is 0.0703. The van der Waals surface area contributed by atoms with Gasteiger partial charge in [0.15, 0.2) is 0 Å². The molecule has 0 atom stereocenters. The number of nitrogens with one attached hydrogen (secondary N) is 1. The molecule has 0 radical (unpaired) electrons. The van der Waals surface area contributed by atoms with Gasteiger partial charge in [-0.25, -0.2) is 4.39 Å². The molecular formula is C27H24FN3O3S. The molecule has 0 saturated heterocycles. The lowest BCUT2D eigenvalue weighted by Gasteiger charge is -2.56. The van der Waals surface area contributed by atoms with Gasteiger partial charge in [-0.1, -0.05) is 24.3 Å². The number of amides is 1. The van der Waals surface area contributed by atoms with Crippen molar-refractivity contribution in [3.63, 3.8) is 0 Å². The number of aliphatic carboxylic acids is 1. The number of carboxylic acid groups (broad SMARTS) is 1. The topological polar surface area (TPSA) is 84.2 Å². The van der Waals surface area contributed by atoms with Crippen LogP contribution < -0.4 is 5.32 Å². The van der Waals surface area contributed by atoms with Crippen molar-refractivity contribution >= 4 is 33.4 Å². The van der Waals surface area contributed by atoms with Crippen LogP contribution in [0.4, 0.5) is 4.39 Å². The molecule has 1 amide bonds. The molecule has 178 valence electrons. The van der Waals surface area contributed by atoms with Crippen molar-refractivity contribution in [2.45, 2.75) is 38.3 Å². The van der Waals surface area contributed by atoms with Crippen LogP contribution in [0.15, 0.2) is 60.4 Å². The van der Waals surface area contributed by atoms with E-state index in [9.17, 15) is 14.0 Å². The van der Waals surface area contributed by atoms with Gasteiger partial charge < -0.3 is 15.0 Å². The lowest BCUT2D eigenvalue weighted by atomic mass is 9.50. The second-order valence-electron chi connectivity index (χ2n) is 9.92. The van der Waals surface area contributed by atoms with Gasteiger partial charge in [0, 0.05) is 35.9 Å². The molecule has 2 aliphatic carbocycles. The van der Waals surface area contributed by atoms with E-state index in [2.05, 4.69) is 14.9 Å². The van der Waals surface area contributed by atoms with Gasteiger partial charge in [0.1, 0.15) is 5.82 Å². The molecular weight excluding hydrogens is 465 g/mol. The Morgan fingerprint density at radius 2 is 1.89 bits per heavy atom. The number of benzene rings is 1. The summed E-state index contributed by atoms with van der Waals surface area (Å²) >= 11 is 1.56. The fourth-order valence-corrected chi connectivity index (χ4v) is 6.66. The number of fused-ring (bicyclic) bond motifs is 1. The molecule has 4 aromatic rings. The Kier molecular flexibility index (Phi) is 5.21. The van der Waals surface area contributed by atoms with Crippen LogP contribution in [-0.2, 0) is 11.3 Å². The smallest absolute Gasteiger partial charge is 0.306 e. The van der Waals surface area contributed by atoms with E-state index in [-0.39, 0.29) is 29.1 Å². The summed E-state index contributed by atoms with van der Waals surface area (Å²) in [6, 6.07) is 11.5. The zero-order valence-corrected chi connectivity index (χ0v) is 19.7. The van der Waals surface area contributed by atoms with E-state index in [1.54, 1.807) is 17.5 Å². The average molecular weight is 490 g/mol. The van der Waals surface area contributed by atoms with E-state index in [1.165, 1.54) is 12.3 Å². The Morgan fingerprint density at radius 3 is 2.60 bits per heavy atom. The van der Waals surface area contributed by atoms with Crippen LogP contribution >= 0.6 is 11.3 Å². The Labute approximate surface area is 205 Å². The third kappa shape index (κ3) is 4.01. The molecule has 2 saturated carbocycles. The Morgan fingerprint density at radius 1 is 1.11 bits per heavy atom. The molecule has 2 N–H and O–H groups in total. The van der Waals surface area contributed by atoms with E-state index >= 15 is 0 Å². The molecule has 2 fully saturated rings. The lowest BCUT2D eigenvalue weighted by Crippen LogP contribution is -2.57. The zero-order valence-electron chi connectivity index (χ0n) is 18.9. The fourth-order valence-electron chi connectivity index (χ4n) is 5.72. The van der Waals surface area contributed by atoms with Crippen LogP contribution in [0.5, 0.6) is 0 Å². The molecule has 0 unspecified atom stereocenters. The Bertz CT molecular complexity index is 1430. The number of aromatic nitrogens is 2. The quantitative estimate of drug-likeness (QED) is 0.384. The highest BCUT2D eigenvalue weighted by Gasteiger charge is 2.55. The minimum Gasteiger partial charge on any atom is -0.481 e. The molecule has 8 heteroatoms. The second-order valence-corrected chi connectivity index (χ2v) is 10.8. The molecule has 1 spiro atoms. The highest BCUT2D eigenvalue weighted by Crippen LogP contribution is 2.58. The number of carboxylic acids is 1. The number of hydrogen-bond donors (Lipinski definition) is 2. The van der Waals surface area contributed by atoms with E-state index in [0.717, 1.165) is 52.6 Å². The first-order valence-electron chi connectivity index (χ1n) is 11.7. The molecule has 35 heavy (non-hydrogen) atoms. The summed E-state index contributed by atoms with van der Waals surface area (Å²) in [5.41, 5.74) is 4.43. The van der Waals surface area contributed by atoms with Gasteiger partial charge in [-0.2, -0.15) is 0 Å². The number of hydrogen-bond acceptors (Lipinski definition) is 4. The minimum atomic E-state index is -0.704. The Hall–Kier alpha value is -3.52. The predicted octanol–water partition coefficient (Wildman–Crippen LogP) is 5.33. The fraction of sp³-hybridized carbons (Fsp3) is 0.296. The van der Waals surface area contributed by atoms with Crippen LogP contribution in [0.25, 0.3) is 21.3 Å². The Balaban J connectivity index is 1.14. The number of thiophene rings is 1. The molecule has 0 aliphatic heterocycles. The highest BCUT2D eigenvalue weighted by atomic mass is 32.1. The van der Waals surface area contributed by atoms with Gasteiger partial charge in [0.25, 0.3) is 5.91 Å². The van der Waals surface area contributed by atoms with E-state index in [1.807, 2.05) is 41.9 Å². The van der Waals surface area contributed by atoms with Crippen LogP contribution in [0.1, 0.15) is 41.6 Å². The van der Waals surface area contributed by atoms with Crippen molar-refractivity contribution in [1.82, 2.24) is 14.9 Å². The maximum atomic E-state index is 13.5. The van der Waals surface area contributed by atoms with Crippen molar-refractivity contribution in [1.29, 1.82) is 0 Å². The van der Waals surface area contributed by atoms with Crippen molar-refractivity contribution in [3.05, 3.63) is 77.3 Å². The van der Waals surface area contributed by atoms with Gasteiger partial charge in [0.2, 0.25) is 0 Å². The van der Waals surface area contributed by atoms with Gasteiger partial charge in [0.05, 0.1) is 27.9 Å². The van der Waals surface area contributed by atoms with E-state index < -0.39 is 5.97 Å². The standard InChI is InChI=1S/C27H24FN3O3S/c28-20-7-18(12-29-13-20)17-3-1-16(2-4-17)14-31-6-5-23-24(31)22(15-35-23)25(32)30-21-10-27(11-21)8-19(9-27)26(33)34/h1-7,12-13,15,19,21H,8-11,14H2,(H,30,32)(H,33,34). The summed E-state index contributed by atoms with van der Waals surface area (Å²) in [5.74, 6) is -1.35. The molecule has 6 nitrogen and oxygen atoms in total. The largest absolute Gasteiger partial charge is 0.481 e. The van der Waals surface area contributed by atoms with Crippen LogP contribution in [0, 0.1) is 17.2 Å². The summed E-state index contributed by atoms with van der Waals surface area (Å²) in [7, 11) is 0. The lowest BCUT2D eigenvalue weighted by molar-refractivity contribution is -0.155. The van der Waals surface area contributed by atoms with Gasteiger partial charge in [-0.15, -0.1) is 11.3 Å². The van der Waals surface area contributed by atoms with Gasteiger partial charge >= 0.3 is 5.97 Å². The third-order valence-corrected chi connectivity index (χ3v) is 8.41. The summed E-state index contributed by atoms with van der Waals surface area (Å²) in [6.45, 7) is 0.616. The second kappa shape index (κ2) is 8.30. The summed E-state index contributed by atoms with van der Waals surface area (Å²) < 4.78 is 16.6. The first-order chi connectivity index (χ1) is 16.9. The molecule has 2 aliphatic rings. The van der Waals surface area contributed by atoms with Gasteiger partial charge in [-0.05, 0) is 54.4 Å². The number of pyridine rings is 1. The van der Waals surface area contributed by atoms with Crippen molar-refractivity contribution in [2.75, 3.05) is 0 Å². The first-order valence-corrected chi connectivity index (χ1v) is 12.6. The SMILES string of the molecule is O=C(NC1CC2(C1)CC(C(=O)O)C2)c1csc2ccn(Cc3ccc(-c4cncc(F)c4)cc3)c12. The maximum Gasteiger partial charge on any atom is 0.306 e. The molecule has 3 heterocycles. The number of halogens is 1. The van der Waals surface area contributed by atoms with E-state index in [4.69, 9.17) is 5.11 Å². The summed E-state index contributed by atoms with van der Waals surface area (Å²) in [4.78, 5) is 28.1. The van der Waals surface area contributed by atoms with Crippen molar-refractivity contribution < 1.29 is 19.1 Å². The van der Waals surface area contributed by atoms with Crippen LogP contribution in [0.3, 0.4) is 0 Å².